The van der Waals surface area contributed by atoms with Gasteiger partial charge in [0.1, 0.15) is 0 Å². The summed E-state index contributed by atoms with van der Waals surface area (Å²) in [6, 6.07) is 7.53. The second-order valence-corrected chi connectivity index (χ2v) is 17.6. The lowest BCUT2D eigenvalue weighted by Crippen LogP contribution is -2.62. The number of rotatable bonds is 7. The Kier molecular flexibility index (Phi) is 10.0. The SMILES string of the molecule is C=CC.CC1(C)C(c2ccc(C(=O)O)cc2)=CCC2(C)C1CCC1(C)C3CCC4(C(=O)NCCCN5CCCC5=O)CCCC4C3CCC12. The first-order valence-corrected chi connectivity index (χ1v) is 19.5. The number of carbonyl (C=O) groups excluding carboxylic acids is 2. The number of hydrogen-bond acceptors (Lipinski definition) is 3. The molecule has 6 heteroatoms. The zero-order valence-corrected chi connectivity index (χ0v) is 31.0. The van der Waals surface area contributed by atoms with Crippen LogP contribution in [-0.2, 0) is 9.59 Å². The molecule has 1 saturated heterocycles. The van der Waals surface area contributed by atoms with Crippen molar-refractivity contribution in [2.45, 2.75) is 118 Å². The molecule has 1 aliphatic heterocycles. The standard InChI is InChI=1S/C40H56N2O4.C3H6/c1-37(2)29(26-10-12-27(13-11-26)35(44)45)16-20-39(4)32(37)18-21-38(3)30-17-22-40(19-5-8-31(40)28(30)14-15-33(38)39)36(46)41-23-7-25-42-24-6-9-34(42)43;1-3-2/h10-13,16,28,30-33H,5-9,14-15,17-25H2,1-4H3,(H,41,46)(H,44,45);3H,1H2,2H3. The fourth-order valence-electron chi connectivity index (χ4n) is 13.1. The molecule has 49 heavy (non-hydrogen) atoms. The van der Waals surface area contributed by atoms with Crippen molar-refractivity contribution >= 4 is 23.4 Å². The summed E-state index contributed by atoms with van der Waals surface area (Å²) < 4.78 is 0. The Morgan fingerprint density at radius 2 is 1.67 bits per heavy atom. The zero-order valence-electron chi connectivity index (χ0n) is 31.0. The van der Waals surface area contributed by atoms with Gasteiger partial charge in [0.05, 0.1) is 11.0 Å². The Morgan fingerprint density at radius 3 is 2.35 bits per heavy atom. The minimum Gasteiger partial charge on any atom is -0.478 e. The predicted octanol–water partition coefficient (Wildman–Crippen LogP) is 9.16. The van der Waals surface area contributed by atoms with Crippen LogP contribution in [0.2, 0.25) is 0 Å². The van der Waals surface area contributed by atoms with Crippen molar-refractivity contribution in [3.63, 3.8) is 0 Å². The molecule has 0 radical (unpaired) electrons. The van der Waals surface area contributed by atoms with Crippen molar-refractivity contribution < 1.29 is 19.5 Å². The van der Waals surface area contributed by atoms with Crippen molar-refractivity contribution in [3.8, 4) is 0 Å². The van der Waals surface area contributed by atoms with Crippen molar-refractivity contribution in [3.05, 3.63) is 54.1 Å². The number of benzene rings is 1. The molecule has 8 atom stereocenters. The highest BCUT2D eigenvalue weighted by molar-refractivity contribution is 5.88. The van der Waals surface area contributed by atoms with E-state index >= 15 is 0 Å². The van der Waals surface area contributed by atoms with Gasteiger partial charge in [-0.25, -0.2) is 4.79 Å². The third kappa shape index (κ3) is 6.01. The van der Waals surface area contributed by atoms with Crippen molar-refractivity contribution in [2.24, 2.45) is 51.2 Å². The molecular weight excluding hydrogens is 608 g/mol. The Balaban J connectivity index is 0.00000134. The molecule has 6 nitrogen and oxygen atoms in total. The van der Waals surface area contributed by atoms with Crippen LogP contribution < -0.4 is 5.32 Å². The van der Waals surface area contributed by atoms with E-state index < -0.39 is 5.97 Å². The second kappa shape index (κ2) is 13.7. The highest BCUT2D eigenvalue weighted by atomic mass is 16.4. The summed E-state index contributed by atoms with van der Waals surface area (Å²) in [7, 11) is 0. The predicted molar refractivity (Wildman–Crippen MR) is 197 cm³/mol. The quantitative estimate of drug-likeness (QED) is 0.224. The van der Waals surface area contributed by atoms with Crippen LogP contribution in [0, 0.1) is 51.2 Å². The van der Waals surface area contributed by atoms with Gasteiger partial charge in [0, 0.05) is 26.1 Å². The van der Waals surface area contributed by atoms with Gasteiger partial charge in [-0.2, -0.15) is 0 Å². The largest absolute Gasteiger partial charge is 0.478 e. The molecule has 5 fully saturated rings. The minimum atomic E-state index is -0.872. The van der Waals surface area contributed by atoms with Crippen LogP contribution in [0.15, 0.2) is 43.0 Å². The van der Waals surface area contributed by atoms with Crippen molar-refractivity contribution in [1.29, 1.82) is 0 Å². The van der Waals surface area contributed by atoms with E-state index in [0.717, 1.165) is 45.2 Å². The van der Waals surface area contributed by atoms with Gasteiger partial charge in [0.25, 0.3) is 0 Å². The van der Waals surface area contributed by atoms with E-state index in [9.17, 15) is 19.5 Å². The normalized spacial score (nSPS) is 37.3. The van der Waals surface area contributed by atoms with Crippen LogP contribution in [0.5, 0.6) is 0 Å². The topological polar surface area (TPSA) is 86.7 Å². The van der Waals surface area contributed by atoms with Gasteiger partial charge in [-0.15, -0.1) is 6.58 Å². The van der Waals surface area contributed by atoms with Crippen molar-refractivity contribution in [2.75, 3.05) is 19.6 Å². The van der Waals surface area contributed by atoms with Gasteiger partial charge in [-0.1, -0.05) is 58.4 Å². The highest BCUT2D eigenvalue weighted by Gasteiger charge is 2.66. The van der Waals surface area contributed by atoms with E-state index in [0.29, 0.717) is 59.4 Å². The number of aromatic carboxylic acids is 1. The van der Waals surface area contributed by atoms with Gasteiger partial charge < -0.3 is 15.3 Å². The molecule has 4 saturated carbocycles. The number of carboxylic acid groups (broad SMARTS) is 1. The van der Waals surface area contributed by atoms with E-state index in [1.807, 2.05) is 24.0 Å². The van der Waals surface area contributed by atoms with Crippen molar-refractivity contribution in [1.82, 2.24) is 10.2 Å². The van der Waals surface area contributed by atoms with E-state index in [1.54, 1.807) is 18.2 Å². The Bertz CT molecular complexity index is 1460. The summed E-state index contributed by atoms with van der Waals surface area (Å²) in [5.41, 5.74) is 3.28. The average molecular weight is 671 g/mol. The Labute approximate surface area is 295 Å². The first kappa shape index (κ1) is 35.9. The fraction of sp³-hybridized carbons (Fsp3) is 0.698. The molecule has 1 aromatic carbocycles. The van der Waals surface area contributed by atoms with Crippen LogP contribution in [-0.4, -0.2) is 47.4 Å². The van der Waals surface area contributed by atoms with Gasteiger partial charge in [-0.05, 0) is 147 Å². The monoisotopic (exact) mass is 670 g/mol. The molecule has 8 unspecified atom stereocenters. The first-order chi connectivity index (χ1) is 23.3. The molecule has 5 aliphatic carbocycles. The minimum absolute atomic E-state index is 0.0171. The second-order valence-electron chi connectivity index (χ2n) is 17.6. The molecular formula is C43H62N2O4. The number of amides is 2. The molecule has 1 aromatic rings. The van der Waals surface area contributed by atoms with E-state index in [4.69, 9.17) is 0 Å². The number of hydrogen-bond donors (Lipinski definition) is 2. The van der Waals surface area contributed by atoms with Gasteiger partial charge in [0.2, 0.25) is 11.8 Å². The third-order valence-electron chi connectivity index (χ3n) is 15.0. The highest BCUT2D eigenvalue weighted by Crippen LogP contribution is 2.73. The Morgan fingerprint density at radius 1 is 0.939 bits per heavy atom. The lowest BCUT2D eigenvalue weighted by Gasteiger charge is -2.68. The van der Waals surface area contributed by atoms with E-state index in [2.05, 4.69) is 45.7 Å². The average Bonchev–Trinajstić information content (AvgIpc) is 3.70. The summed E-state index contributed by atoms with van der Waals surface area (Å²) in [5.74, 6) is 2.85. The Hall–Kier alpha value is -2.89. The molecule has 2 N–H and O–H groups in total. The molecule has 0 bridgehead atoms. The summed E-state index contributed by atoms with van der Waals surface area (Å²) >= 11 is 0. The molecule has 0 spiro atoms. The third-order valence-corrected chi connectivity index (χ3v) is 15.0. The zero-order chi connectivity index (χ0) is 35.2. The van der Waals surface area contributed by atoms with Crippen LogP contribution in [0.25, 0.3) is 5.57 Å². The number of carboxylic acids is 1. The maximum atomic E-state index is 14.0. The summed E-state index contributed by atoms with van der Waals surface area (Å²) in [5, 5.41) is 12.8. The van der Waals surface area contributed by atoms with Crippen LogP contribution >= 0.6 is 0 Å². The number of likely N-dealkylation sites (tertiary alicyclic amines) is 1. The number of fused-ring (bicyclic) bond motifs is 7. The van der Waals surface area contributed by atoms with Gasteiger partial charge in [-0.3, -0.25) is 9.59 Å². The first-order valence-electron chi connectivity index (χ1n) is 19.5. The lowest BCUT2D eigenvalue weighted by molar-refractivity contribution is -0.181. The van der Waals surface area contributed by atoms with Crippen LogP contribution in [0.4, 0.5) is 0 Å². The molecule has 0 aromatic heterocycles. The molecule has 268 valence electrons. The number of nitrogens with zero attached hydrogens (tertiary/aromatic N) is 1. The maximum absolute atomic E-state index is 14.0. The van der Waals surface area contributed by atoms with Gasteiger partial charge in [0.15, 0.2) is 0 Å². The molecule has 7 rings (SSSR count). The molecule has 6 aliphatic rings. The maximum Gasteiger partial charge on any atom is 0.335 e. The van der Waals surface area contributed by atoms with Crippen LogP contribution in [0.3, 0.4) is 0 Å². The number of allylic oxidation sites excluding steroid dienone is 3. The smallest absolute Gasteiger partial charge is 0.335 e. The molecule has 2 amide bonds. The lowest BCUT2D eigenvalue weighted by atomic mass is 9.36. The van der Waals surface area contributed by atoms with Gasteiger partial charge >= 0.3 is 5.97 Å². The number of carbonyl (C=O) groups is 3. The number of nitrogens with one attached hydrogen (secondary N) is 1. The summed E-state index contributed by atoms with van der Waals surface area (Å²) in [6.07, 6.45) is 18.6. The fourth-order valence-corrected chi connectivity index (χ4v) is 13.1. The van der Waals surface area contributed by atoms with Crippen LogP contribution in [0.1, 0.15) is 134 Å². The summed E-state index contributed by atoms with van der Waals surface area (Å²) in [4.78, 5) is 39.4. The van der Waals surface area contributed by atoms with E-state index in [-0.39, 0.29) is 22.2 Å². The van der Waals surface area contributed by atoms with E-state index in [1.165, 1.54) is 56.1 Å². The molecule has 1 heterocycles. The summed E-state index contributed by atoms with van der Waals surface area (Å²) in [6.45, 7) is 17.7.